The molecule has 1 amide bonds. The molecule has 1 aliphatic rings. The average molecular weight is 274 g/mol. The van der Waals surface area contributed by atoms with Crippen LogP contribution in [0.4, 0.5) is 0 Å². The van der Waals surface area contributed by atoms with Crippen LogP contribution >= 0.6 is 11.3 Å². The topological polar surface area (TPSA) is 53.4 Å². The van der Waals surface area contributed by atoms with Crippen LogP contribution in [0, 0.1) is 0 Å². The van der Waals surface area contributed by atoms with Crippen LogP contribution in [0.3, 0.4) is 0 Å². The van der Waals surface area contributed by atoms with Crippen molar-refractivity contribution in [2.24, 2.45) is 0 Å². The van der Waals surface area contributed by atoms with E-state index in [1.807, 2.05) is 11.8 Å². The Kier molecular flexibility index (Phi) is 2.98. The molecule has 1 unspecified atom stereocenters. The predicted octanol–water partition coefficient (Wildman–Crippen LogP) is 2.61. The molecule has 3 rings (SSSR count). The Balaban J connectivity index is 1.92. The summed E-state index contributed by atoms with van der Waals surface area (Å²) in [6, 6.07) is 3.69. The Morgan fingerprint density at radius 1 is 1.53 bits per heavy atom. The molecule has 0 fully saturated rings. The van der Waals surface area contributed by atoms with Crippen LogP contribution in [0.15, 0.2) is 29.9 Å². The summed E-state index contributed by atoms with van der Waals surface area (Å²) in [6.45, 7) is 2.72. The van der Waals surface area contributed by atoms with E-state index in [0.29, 0.717) is 12.1 Å². The number of fused-ring (bicyclic) bond motifs is 1. The highest BCUT2D eigenvalue weighted by molar-refractivity contribution is 7.10. The zero-order valence-electron chi connectivity index (χ0n) is 10.5. The van der Waals surface area contributed by atoms with Crippen molar-refractivity contribution >= 4 is 17.2 Å². The number of thiophene rings is 1. The van der Waals surface area contributed by atoms with Gasteiger partial charge in [-0.2, -0.15) is 0 Å². The number of hydrogen-bond donors (Lipinski definition) is 1. The molecule has 5 heteroatoms. The van der Waals surface area contributed by atoms with E-state index >= 15 is 0 Å². The number of carbonyl (C=O) groups is 1. The molecular formula is C14H14N2O2S. The van der Waals surface area contributed by atoms with Crippen molar-refractivity contribution in [1.29, 1.82) is 0 Å². The Morgan fingerprint density at radius 3 is 3.16 bits per heavy atom. The lowest BCUT2D eigenvalue weighted by Gasteiger charge is -2.33. The number of carbonyl (C=O) groups excluding carboxylic acids is 1. The molecular weight excluding hydrogens is 260 g/mol. The van der Waals surface area contributed by atoms with Crippen molar-refractivity contribution in [3.05, 3.63) is 45.9 Å². The minimum atomic E-state index is -0.135. The van der Waals surface area contributed by atoms with Gasteiger partial charge in [-0.25, -0.2) is 0 Å². The van der Waals surface area contributed by atoms with Gasteiger partial charge < -0.3 is 10.0 Å². The van der Waals surface area contributed by atoms with Crippen LogP contribution < -0.4 is 0 Å². The number of aromatic hydroxyl groups is 1. The maximum absolute atomic E-state index is 12.5. The van der Waals surface area contributed by atoms with E-state index in [0.717, 1.165) is 6.42 Å². The van der Waals surface area contributed by atoms with Crippen LogP contribution in [0.25, 0.3) is 0 Å². The van der Waals surface area contributed by atoms with Gasteiger partial charge in [0.2, 0.25) is 0 Å². The molecule has 2 aromatic rings. The first-order chi connectivity index (χ1) is 9.18. The van der Waals surface area contributed by atoms with Crippen molar-refractivity contribution in [3.8, 4) is 5.75 Å². The standard InChI is InChI=1S/C14H14N2O2S/c1-9-10-4-7-19-13(10)3-6-16(9)14(18)11-2-5-15-8-12(11)17/h2,4-5,7-9,17H,3,6H2,1H3. The summed E-state index contributed by atoms with van der Waals surface area (Å²) in [7, 11) is 0. The van der Waals surface area contributed by atoms with E-state index in [4.69, 9.17) is 0 Å². The smallest absolute Gasteiger partial charge is 0.258 e. The van der Waals surface area contributed by atoms with Gasteiger partial charge in [0.25, 0.3) is 5.91 Å². The molecule has 0 aromatic carbocycles. The van der Waals surface area contributed by atoms with E-state index in [2.05, 4.69) is 16.4 Å². The normalized spacial score (nSPS) is 18.2. The minimum Gasteiger partial charge on any atom is -0.505 e. The van der Waals surface area contributed by atoms with Gasteiger partial charge in [0.15, 0.2) is 0 Å². The molecule has 98 valence electrons. The first-order valence-electron chi connectivity index (χ1n) is 6.18. The highest BCUT2D eigenvalue weighted by Gasteiger charge is 2.29. The van der Waals surface area contributed by atoms with Crippen molar-refractivity contribution in [2.45, 2.75) is 19.4 Å². The highest BCUT2D eigenvalue weighted by atomic mass is 32.1. The molecule has 0 saturated heterocycles. The molecule has 1 N–H and O–H groups in total. The Morgan fingerprint density at radius 2 is 2.37 bits per heavy atom. The summed E-state index contributed by atoms with van der Waals surface area (Å²) in [5, 5.41) is 11.8. The van der Waals surface area contributed by atoms with E-state index < -0.39 is 0 Å². The zero-order chi connectivity index (χ0) is 13.4. The van der Waals surface area contributed by atoms with Crippen molar-refractivity contribution in [1.82, 2.24) is 9.88 Å². The van der Waals surface area contributed by atoms with Gasteiger partial charge in [-0.05, 0) is 36.4 Å². The fourth-order valence-corrected chi connectivity index (χ4v) is 3.47. The Bertz CT molecular complexity index is 623. The van der Waals surface area contributed by atoms with Gasteiger partial charge in [0, 0.05) is 17.6 Å². The SMILES string of the molecule is CC1c2ccsc2CCN1C(=O)c1ccncc1O. The average Bonchev–Trinajstić information content (AvgIpc) is 2.88. The lowest BCUT2D eigenvalue weighted by molar-refractivity contribution is 0.0676. The number of hydrogen-bond acceptors (Lipinski definition) is 4. The molecule has 1 atom stereocenters. The van der Waals surface area contributed by atoms with Crippen molar-refractivity contribution in [3.63, 3.8) is 0 Å². The Labute approximate surface area is 115 Å². The molecule has 19 heavy (non-hydrogen) atoms. The fraction of sp³-hybridized carbons (Fsp3) is 0.286. The highest BCUT2D eigenvalue weighted by Crippen LogP contribution is 2.34. The van der Waals surface area contributed by atoms with Gasteiger partial charge in [-0.3, -0.25) is 9.78 Å². The molecule has 3 heterocycles. The second-order valence-corrected chi connectivity index (χ2v) is 5.62. The third-order valence-electron chi connectivity index (χ3n) is 3.57. The monoisotopic (exact) mass is 274 g/mol. The summed E-state index contributed by atoms with van der Waals surface area (Å²) in [5.41, 5.74) is 1.54. The maximum atomic E-state index is 12.5. The summed E-state index contributed by atoms with van der Waals surface area (Å²) < 4.78 is 0. The lowest BCUT2D eigenvalue weighted by atomic mass is 10.0. The van der Waals surface area contributed by atoms with Crippen LogP contribution in [-0.2, 0) is 6.42 Å². The van der Waals surface area contributed by atoms with Crippen LogP contribution in [0.2, 0.25) is 0 Å². The number of amides is 1. The molecule has 0 spiro atoms. The summed E-state index contributed by atoms with van der Waals surface area (Å²) in [6.07, 6.45) is 3.71. The van der Waals surface area contributed by atoms with E-state index in [-0.39, 0.29) is 17.7 Å². The lowest BCUT2D eigenvalue weighted by Crippen LogP contribution is -2.38. The first-order valence-corrected chi connectivity index (χ1v) is 7.06. The summed E-state index contributed by atoms with van der Waals surface area (Å²) >= 11 is 1.74. The third kappa shape index (κ3) is 2.00. The van der Waals surface area contributed by atoms with Crippen LogP contribution in [0.1, 0.15) is 33.8 Å². The molecule has 0 bridgehead atoms. The largest absolute Gasteiger partial charge is 0.505 e. The second-order valence-electron chi connectivity index (χ2n) is 4.62. The molecule has 0 radical (unpaired) electrons. The maximum Gasteiger partial charge on any atom is 0.258 e. The van der Waals surface area contributed by atoms with E-state index in [1.54, 1.807) is 17.4 Å². The van der Waals surface area contributed by atoms with Crippen molar-refractivity contribution < 1.29 is 9.90 Å². The molecule has 0 aliphatic carbocycles. The number of aromatic nitrogens is 1. The predicted molar refractivity (Wildman–Crippen MR) is 73.4 cm³/mol. The Hall–Kier alpha value is -1.88. The molecule has 1 aliphatic heterocycles. The number of rotatable bonds is 1. The summed E-state index contributed by atoms with van der Waals surface area (Å²) in [5.74, 6) is -0.194. The van der Waals surface area contributed by atoms with Gasteiger partial charge in [0.1, 0.15) is 5.75 Å². The first kappa shape index (κ1) is 12.2. The van der Waals surface area contributed by atoms with Gasteiger partial charge in [-0.1, -0.05) is 0 Å². The minimum absolute atomic E-state index is 0.0510. The second kappa shape index (κ2) is 4.66. The fourth-order valence-electron chi connectivity index (χ4n) is 2.51. The molecule has 4 nitrogen and oxygen atoms in total. The molecule has 0 saturated carbocycles. The van der Waals surface area contributed by atoms with E-state index in [1.165, 1.54) is 22.8 Å². The zero-order valence-corrected chi connectivity index (χ0v) is 11.4. The van der Waals surface area contributed by atoms with Crippen LogP contribution in [-0.4, -0.2) is 27.4 Å². The van der Waals surface area contributed by atoms with Crippen LogP contribution in [0.5, 0.6) is 5.75 Å². The third-order valence-corrected chi connectivity index (χ3v) is 4.57. The number of nitrogens with zero attached hydrogens (tertiary/aromatic N) is 2. The quantitative estimate of drug-likeness (QED) is 0.869. The van der Waals surface area contributed by atoms with Gasteiger partial charge in [0.05, 0.1) is 17.8 Å². The molecule has 2 aromatic heterocycles. The van der Waals surface area contributed by atoms with E-state index in [9.17, 15) is 9.90 Å². The van der Waals surface area contributed by atoms with Gasteiger partial charge in [-0.15, -0.1) is 11.3 Å². The summed E-state index contributed by atoms with van der Waals surface area (Å²) in [4.78, 5) is 19.5. The van der Waals surface area contributed by atoms with Gasteiger partial charge >= 0.3 is 0 Å². The number of pyridine rings is 1. The van der Waals surface area contributed by atoms with Crippen molar-refractivity contribution in [2.75, 3.05) is 6.54 Å².